The van der Waals surface area contributed by atoms with Gasteiger partial charge in [0.05, 0.1) is 7.11 Å². The molecule has 0 aliphatic heterocycles. The average Bonchev–Trinajstić information content (AvgIpc) is 3.01. The Kier molecular flexibility index (Phi) is 2.42. The van der Waals surface area contributed by atoms with Gasteiger partial charge in [0.25, 0.3) is 0 Å². The first-order valence-electron chi connectivity index (χ1n) is 4.81. The molecule has 3 heteroatoms. The summed E-state index contributed by atoms with van der Waals surface area (Å²) in [7, 11) is 1.46. The van der Waals surface area contributed by atoms with Crippen LogP contribution in [0, 0.1) is 11.7 Å². The molecule has 1 saturated carbocycles. The summed E-state index contributed by atoms with van der Waals surface area (Å²) in [6.45, 7) is 0. The van der Waals surface area contributed by atoms with E-state index in [1.165, 1.54) is 26.0 Å². The van der Waals surface area contributed by atoms with E-state index in [-0.39, 0.29) is 17.6 Å². The van der Waals surface area contributed by atoms with Crippen LogP contribution in [0.1, 0.15) is 24.4 Å². The first kappa shape index (κ1) is 9.46. The van der Waals surface area contributed by atoms with Crippen molar-refractivity contribution in [3.8, 4) is 5.75 Å². The SMILES string of the molecule is COc1cc([C@@H](N)C2CC2)ccc1F. The van der Waals surface area contributed by atoms with Crippen LogP contribution >= 0.6 is 0 Å². The zero-order chi connectivity index (χ0) is 10.1. The largest absolute Gasteiger partial charge is 0.494 e. The molecule has 2 rings (SSSR count). The van der Waals surface area contributed by atoms with Gasteiger partial charge in [0.2, 0.25) is 0 Å². The predicted molar refractivity (Wildman–Crippen MR) is 52.6 cm³/mol. The molecule has 0 amide bonds. The molecule has 0 unspecified atom stereocenters. The van der Waals surface area contributed by atoms with E-state index < -0.39 is 0 Å². The van der Waals surface area contributed by atoms with Gasteiger partial charge < -0.3 is 10.5 Å². The van der Waals surface area contributed by atoms with Crippen LogP contribution in [-0.4, -0.2) is 7.11 Å². The molecule has 0 aromatic heterocycles. The summed E-state index contributed by atoms with van der Waals surface area (Å²) in [6.07, 6.45) is 2.36. The number of nitrogens with two attached hydrogens (primary N) is 1. The fourth-order valence-electron chi connectivity index (χ4n) is 1.61. The van der Waals surface area contributed by atoms with Gasteiger partial charge in [-0.3, -0.25) is 0 Å². The quantitative estimate of drug-likeness (QED) is 0.802. The second kappa shape index (κ2) is 3.58. The van der Waals surface area contributed by atoms with Crippen molar-refractivity contribution in [2.24, 2.45) is 11.7 Å². The van der Waals surface area contributed by atoms with E-state index in [0.29, 0.717) is 5.92 Å². The first-order chi connectivity index (χ1) is 6.72. The van der Waals surface area contributed by atoms with Crippen molar-refractivity contribution in [1.29, 1.82) is 0 Å². The van der Waals surface area contributed by atoms with Crippen molar-refractivity contribution in [1.82, 2.24) is 0 Å². The van der Waals surface area contributed by atoms with Gasteiger partial charge in [-0.05, 0) is 36.5 Å². The van der Waals surface area contributed by atoms with Crippen LogP contribution in [-0.2, 0) is 0 Å². The minimum Gasteiger partial charge on any atom is -0.494 e. The number of benzene rings is 1. The molecule has 1 aromatic rings. The van der Waals surface area contributed by atoms with Gasteiger partial charge in [0.15, 0.2) is 11.6 Å². The molecule has 0 radical (unpaired) electrons. The first-order valence-corrected chi connectivity index (χ1v) is 4.81. The van der Waals surface area contributed by atoms with Gasteiger partial charge in [0.1, 0.15) is 0 Å². The second-order valence-corrected chi connectivity index (χ2v) is 3.76. The normalized spacial score (nSPS) is 17.9. The Bertz CT molecular complexity index is 336. The topological polar surface area (TPSA) is 35.2 Å². The summed E-state index contributed by atoms with van der Waals surface area (Å²) in [5.41, 5.74) is 6.96. The van der Waals surface area contributed by atoms with E-state index in [0.717, 1.165) is 5.56 Å². The number of hydrogen-bond donors (Lipinski definition) is 1. The van der Waals surface area contributed by atoms with E-state index in [2.05, 4.69) is 0 Å². The lowest BCUT2D eigenvalue weighted by molar-refractivity contribution is 0.385. The Morgan fingerprint density at radius 1 is 1.50 bits per heavy atom. The standard InChI is InChI=1S/C11H14FNO/c1-14-10-6-8(4-5-9(10)12)11(13)7-2-3-7/h4-7,11H,2-3,13H2,1H3/t11-/m0/s1. The van der Waals surface area contributed by atoms with Gasteiger partial charge in [-0.1, -0.05) is 6.07 Å². The lowest BCUT2D eigenvalue weighted by Crippen LogP contribution is -2.12. The zero-order valence-corrected chi connectivity index (χ0v) is 8.16. The van der Waals surface area contributed by atoms with Crippen molar-refractivity contribution >= 4 is 0 Å². The Balaban J connectivity index is 2.25. The van der Waals surface area contributed by atoms with Crippen LogP contribution in [0.5, 0.6) is 5.75 Å². The maximum atomic E-state index is 13.1. The Labute approximate surface area is 82.9 Å². The van der Waals surface area contributed by atoms with Crippen molar-refractivity contribution in [2.75, 3.05) is 7.11 Å². The number of methoxy groups -OCH3 is 1. The smallest absolute Gasteiger partial charge is 0.165 e. The predicted octanol–water partition coefficient (Wildman–Crippen LogP) is 2.24. The lowest BCUT2D eigenvalue weighted by Gasteiger charge is -2.12. The molecular weight excluding hydrogens is 181 g/mol. The van der Waals surface area contributed by atoms with Gasteiger partial charge in [0, 0.05) is 6.04 Å². The van der Waals surface area contributed by atoms with Gasteiger partial charge in [-0.25, -0.2) is 4.39 Å². The third-order valence-corrected chi connectivity index (χ3v) is 2.69. The molecule has 2 nitrogen and oxygen atoms in total. The van der Waals surface area contributed by atoms with Crippen molar-refractivity contribution in [3.63, 3.8) is 0 Å². The summed E-state index contributed by atoms with van der Waals surface area (Å²) in [4.78, 5) is 0. The van der Waals surface area contributed by atoms with Crippen LogP contribution in [0.4, 0.5) is 4.39 Å². The van der Waals surface area contributed by atoms with E-state index in [1.54, 1.807) is 12.1 Å². The summed E-state index contributed by atoms with van der Waals surface area (Å²) >= 11 is 0. The monoisotopic (exact) mass is 195 g/mol. The molecule has 1 aliphatic rings. The second-order valence-electron chi connectivity index (χ2n) is 3.76. The molecule has 0 saturated heterocycles. The fraction of sp³-hybridized carbons (Fsp3) is 0.455. The third-order valence-electron chi connectivity index (χ3n) is 2.69. The van der Waals surface area contributed by atoms with Gasteiger partial charge >= 0.3 is 0 Å². The molecule has 76 valence electrons. The summed E-state index contributed by atoms with van der Waals surface area (Å²) < 4.78 is 18.0. The number of ether oxygens (including phenoxy) is 1. The Hall–Kier alpha value is -1.09. The molecule has 1 fully saturated rings. The Morgan fingerprint density at radius 3 is 2.79 bits per heavy atom. The number of rotatable bonds is 3. The number of halogens is 1. The average molecular weight is 195 g/mol. The van der Waals surface area contributed by atoms with Gasteiger partial charge in [-0.2, -0.15) is 0 Å². The highest BCUT2D eigenvalue weighted by molar-refractivity contribution is 5.32. The Morgan fingerprint density at radius 2 is 2.21 bits per heavy atom. The highest BCUT2D eigenvalue weighted by Gasteiger charge is 2.29. The molecule has 1 aliphatic carbocycles. The zero-order valence-electron chi connectivity index (χ0n) is 8.16. The molecule has 14 heavy (non-hydrogen) atoms. The third kappa shape index (κ3) is 1.73. The van der Waals surface area contributed by atoms with Gasteiger partial charge in [-0.15, -0.1) is 0 Å². The minimum absolute atomic E-state index is 0.0319. The maximum Gasteiger partial charge on any atom is 0.165 e. The van der Waals surface area contributed by atoms with Crippen molar-refractivity contribution in [2.45, 2.75) is 18.9 Å². The fourth-order valence-corrected chi connectivity index (χ4v) is 1.61. The van der Waals surface area contributed by atoms with Crippen LogP contribution in [0.2, 0.25) is 0 Å². The van der Waals surface area contributed by atoms with Crippen LogP contribution < -0.4 is 10.5 Å². The van der Waals surface area contributed by atoms with Crippen LogP contribution in [0.15, 0.2) is 18.2 Å². The summed E-state index contributed by atoms with van der Waals surface area (Å²) in [6, 6.07) is 4.87. The summed E-state index contributed by atoms with van der Waals surface area (Å²) in [5, 5.41) is 0. The minimum atomic E-state index is -0.334. The molecule has 0 bridgehead atoms. The lowest BCUT2D eigenvalue weighted by atomic mass is 10.0. The molecule has 0 heterocycles. The van der Waals surface area contributed by atoms with Crippen LogP contribution in [0.25, 0.3) is 0 Å². The van der Waals surface area contributed by atoms with E-state index in [4.69, 9.17) is 10.5 Å². The molecular formula is C11H14FNO. The van der Waals surface area contributed by atoms with Crippen molar-refractivity contribution < 1.29 is 9.13 Å². The molecule has 2 N–H and O–H groups in total. The molecule has 1 atom stereocenters. The van der Waals surface area contributed by atoms with E-state index in [1.807, 2.05) is 0 Å². The highest BCUT2D eigenvalue weighted by atomic mass is 19.1. The molecule has 1 aromatic carbocycles. The highest BCUT2D eigenvalue weighted by Crippen LogP contribution is 2.40. The van der Waals surface area contributed by atoms with Crippen LogP contribution in [0.3, 0.4) is 0 Å². The van der Waals surface area contributed by atoms with E-state index in [9.17, 15) is 4.39 Å². The van der Waals surface area contributed by atoms with Crippen molar-refractivity contribution in [3.05, 3.63) is 29.6 Å². The molecule has 0 spiro atoms. The number of hydrogen-bond acceptors (Lipinski definition) is 2. The van der Waals surface area contributed by atoms with E-state index >= 15 is 0 Å². The maximum absolute atomic E-state index is 13.1. The summed E-state index contributed by atoms with van der Waals surface area (Å²) in [5.74, 6) is 0.517.